The summed E-state index contributed by atoms with van der Waals surface area (Å²) in [5.74, 6) is -0.170. The molecule has 2 N–H and O–H groups in total. The molecule has 6 heteroatoms. The molecule has 0 aliphatic carbocycles. The molecule has 1 atom stereocenters. The van der Waals surface area contributed by atoms with Crippen LogP contribution >= 0.6 is 0 Å². The third-order valence-electron chi connectivity index (χ3n) is 2.13. The van der Waals surface area contributed by atoms with E-state index >= 15 is 0 Å². The number of amides is 1. The molecule has 0 saturated heterocycles. The summed E-state index contributed by atoms with van der Waals surface area (Å²) in [7, 11) is 1.55. The quantitative estimate of drug-likeness (QED) is 0.745. The van der Waals surface area contributed by atoms with E-state index in [1.54, 1.807) is 31.4 Å². The molecular formula is C12H15NO5. The molecule has 6 nitrogen and oxygen atoms in total. The van der Waals surface area contributed by atoms with E-state index in [1.165, 1.54) is 6.92 Å². The van der Waals surface area contributed by atoms with Crippen molar-refractivity contribution < 1.29 is 23.8 Å². The molecule has 0 aromatic heterocycles. The second kappa shape index (κ2) is 6.48. The average molecular weight is 253 g/mol. The Labute approximate surface area is 105 Å². The average Bonchev–Trinajstić information content (AvgIpc) is 2.36. The van der Waals surface area contributed by atoms with Gasteiger partial charge in [0.2, 0.25) is 0 Å². The van der Waals surface area contributed by atoms with Crippen LogP contribution in [0.25, 0.3) is 0 Å². The predicted octanol–water partition coefficient (Wildman–Crippen LogP) is 0.491. The summed E-state index contributed by atoms with van der Waals surface area (Å²) in [5.41, 5.74) is 4.95. The number of rotatable bonds is 6. The van der Waals surface area contributed by atoms with Crippen LogP contribution in [0.3, 0.4) is 0 Å². The summed E-state index contributed by atoms with van der Waals surface area (Å²) in [6.07, 6.45) is -0.961. The Hall–Kier alpha value is -2.24. The number of carbonyl (C=O) groups is 2. The van der Waals surface area contributed by atoms with Crippen LogP contribution in [0.4, 0.5) is 0 Å². The Kier molecular flexibility index (Phi) is 4.98. The van der Waals surface area contributed by atoms with Crippen molar-refractivity contribution in [3.8, 4) is 11.5 Å². The Morgan fingerprint density at radius 3 is 2.28 bits per heavy atom. The SMILES string of the molecule is COc1ccc(OCC(=O)O[C@H](C)C(N)=O)cc1. The lowest BCUT2D eigenvalue weighted by molar-refractivity contribution is -0.155. The molecular weight excluding hydrogens is 238 g/mol. The van der Waals surface area contributed by atoms with Gasteiger partial charge in [-0.15, -0.1) is 0 Å². The smallest absolute Gasteiger partial charge is 0.344 e. The van der Waals surface area contributed by atoms with Gasteiger partial charge >= 0.3 is 5.97 Å². The van der Waals surface area contributed by atoms with E-state index in [9.17, 15) is 9.59 Å². The molecule has 1 aromatic rings. The molecule has 0 radical (unpaired) electrons. The van der Waals surface area contributed by atoms with Crippen LogP contribution in [0.1, 0.15) is 6.92 Å². The number of carbonyl (C=O) groups excluding carboxylic acids is 2. The number of hydrogen-bond acceptors (Lipinski definition) is 5. The van der Waals surface area contributed by atoms with Crippen molar-refractivity contribution >= 4 is 11.9 Å². The van der Waals surface area contributed by atoms with Gasteiger partial charge in [0.1, 0.15) is 11.5 Å². The molecule has 0 aliphatic heterocycles. The lowest BCUT2D eigenvalue weighted by Crippen LogP contribution is -2.32. The molecule has 0 fully saturated rings. The molecule has 1 aromatic carbocycles. The molecule has 0 spiro atoms. The van der Waals surface area contributed by atoms with Crippen molar-refractivity contribution in [2.24, 2.45) is 5.73 Å². The number of ether oxygens (including phenoxy) is 3. The van der Waals surface area contributed by atoms with Crippen LogP contribution in [-0.2, 0) is 14.3 Å². The Morgan fingerprint density at radius 2 is 1.78 bits per heavy atom. The minimum Gasteiger partial charge on any atom is -0.497 e. The fourth-order valence-corrected chi connectivity index (χ4v) is 1.10. The zero-order valence-corrected chi connectivity index (χ0v) is 10.2. The Morgan fingerprint density at radius 1 is 1.22 bits per heavy atom. The topological polar surface area (TPSA) is 87.8 Å². The van der Waals surface area contributed by atoms with Gasteiger partial charge in [0.25, 0.3) is 5.91 Å². The summed E-state index contributed by atoms with van der Waals surface area (Å²) in [6, 6.07) is 6.71. The highest BCUT2D eigenvalue weighted by atomic mass is 16.6. The molecule has 1 amide bonds. The maximum atomic E-state index is 11.3. The molecule has 0 unspecified atom stereocenters. The van der Waals surface area contributed by atoms with Gasteiger partial charge < -0.3 is 19.9 Å². The van der Waals surface area contributed by atoms with Crippen LogP contribution in [-0.4, -0.2) is 31.7 Å². The lowest BCUT2D eigenvalue weighted by Gasteiger charge is -2.10. The summed E-state index contributed by atoms with van der Waals surface area (Å²) < 4.78 is 14.9. The highest BCUT2D eigenvalue weighted by Gasteiger charge is 2.14. The maximum absolute atomic E-state index is 11.3. The summed E-state index contributed by atoms with van der Waals surface area (Å²) in [4.78, 5) is 21.9. The highest BCUT2D eigenvalue weighted by molar-refractivity contribution is 5.82. The molecule has 0 aliphatic rings. The van der Waals surface area contributed by atoms with Crippen molar-refractivity contribution in [2.75, 3.05) is 13.7 Å². The third-order valence-corrected chi connectivity index (χ3v) is 2.13. The fraction of sp³-hybridized carbons (Fsp3) is 0.333. The van der Waals surface area contributed by atoms with E-state index in [-0.39, 0.29) is 6.61 Å². The third kappa shape index (κ3) is 4.32. The van der Waals surface area contributed by atoms with E-state index < -0.39 is 18.0 Å². The van der Waals surface area contributed by atoms with Crippen LogP contribution in [0.15, 0.2) is 24.3 Å². The molecule has 0 saturated carbocycles. The van der Waals surface area contributed by atoms with Crippen molar-refractivity contribution in [1.29, 1.82) is 0 Å². The first-order chi connectivity index (χ1) is 8.52. The second-order valence-electron chi connectivity index (χ2n) is 3.50. The fourth-order valence-electron chi connectivity index (χ4n) is 1.10. The number of primary amides is 1. The van der Waals surface area contributed by atoms with Gasteiger partial charge in [0.05, 0.1) is 7.11 Å². The van der Waals surface area contributed by atoms with E-state index in [1.807, 2.05) is 0 Å². The highest BCUT2D eigenvalue weighted by Crippen LogP contribution is 2.16. The number of esters is 1. The Bertz CT molecular complexity index is 415. The molecule has 98 valence electrons. The van der Waals surface area contributed by atoms with Gasteiger partial charge in [-0.25, -0.2) is 4.79 Å². The van der Waals surface area contributed by atoms with Gasteiger partial charge in [-0.2, -0.15) is 0 Å². The lowest BCUT2D eigenvalue weighted by atomic mass is 10.3. The largest absolute Gasteiger partial charge is 0.497 e. The normalized spacial score (nSPS) is 11.4. The van der Waals surface area contributed by atoms with Gasteiger partial charge in [0, 0.05) is 0 Å². The van der Waals surface area contributed by atoms with Gasteiger partial charge in [-0.1, -0.05) is 0 Å². The van der Waals surface area contributed by atoms with Crippen molar-refractivity contribution in [3.05, 3.63) is 24.3 Å². The van der Waals surface area contributed by atoms with Crippen LogP contribution in [0, 0.1) is 0 Å². The number of benzene rings is 1. The summed E-state index contributed by atoms with van der Waals surface area (Å²) >= 11 is 0. The monoisotopic (exact) mass is 253 g/mol. The maximum Gasteiger partial charge on any atom is 0.344 e. The van der Waals surface area contributed by atoms with Crippen LogP contribution in [0.2, 0.25) is 0 Å². The zero-order chi connectivity index (χ0) is 13.5. The minimum absolute atomic E-state index is 0.288. The van der Waals surface area contributed by atoms with Gasteiger partial charge in [-0.3, -0.25) is 4.79 Å². The number of hydrogen-bond donors (Lipinski definition) is 1. The first-order valence-electron chi connectivity index (χ1n) is 5.28. The predicted molar refractivity (Wildman–Crippen MR) is 63.2 cm³/mol. The molecule has 18 heavy (non-hydrogen) atoms. The molecule has 1 rings (SSSR count). The van der Waals surface area contributed by atoms with Gasteiger partial charge in [-0.05, 0) is 31.2 Å². The Balaban J connectivity index is 2.40. The van der Waals surface area contributed by atoms with Crippen molar-refractivity contribution in [3.63, 3.8) is 0 Å². The second-order valence-corrected chi connectivity index (χ2v) is 3.50. The van der Waals surface area contributed by atoms with Gasteiger partial charge in [0.15, 0.2) is 12.7 Å². The van der Waals surface area contributed by atoms with E-state index in [0.29, 0.717) is 11.5 Å². The van der Waals surface area contributed by atoms with Crippen molar-refractivity contribution in [1.82, 2.24) is 0 Å². The van der Waals surface area contributed by atoms with Crippen molar-refractivity contribution in [2.45, 2.75) is 13.0 Å². The van der Waals surface area contributed by atoms with Crippen LogP contribution < -0.4 is 15.2 Å². The van der Waals surface area contributed by atoms with E-state index in [0.717, 1.165) is 0 Å². The first kappa shape index (κ1) is 13.8. The zero-order valence-electron chi connectivity index (χ0n) is 10.2. The summed E-state index contributed by atoms with van der Waals surface area (Å²) in [6.45, 7) is 1.11. The standard InChI is InChI=1S/C12H15NO5/c1-8(12(13)15)18-11(14)7-17-10-5-3-9(16-2)4-6-10/h3-6,8H,7H2,1-2H3,(H2,13,15)/t8-/m1/s1. The molecule has 0 heterocycles. The number of methoxy groups -OCH3 is 1. The summed E-state index contributed by atoms with van der Waals surface area (Å²) in [5, 5.41) is 0. The van der Waals surface area contributed by atoms with Crippen LogP contribution in [0.5, 0.6) is 11.5 Å². The molecule has 0 bridgehead atoms. The first-order valence-corrected chi connectivity index (χ1v) is 5.28. The number of nitrogens with two attached hydrogens (primary N) is 1. The minimum atomic E-state index is -0.961. The van der Waals surface area contributed by atoms with E-state index in [4.69, 9.17) is 19.9 Å². The van der Waals surface area contributed by atoms with E-state index in [2.05, 4.69) is 0 Å².